The Morgan fingerprint density at radius 3 is 2.64 bits per heavy atom. The van der Waals surface area contributed by atoms with Crippen molar-refractivity contribution in [2.75, 3.05) is 11.4 Å². The van der Waals surface area contributed by atoms with Crippen molar-refractivity contribution in [3.05, 3.63) is 18.2 Å². The third-order valence-electron chi connectivity index (χ3n) is 2.16. The van der Waals surface area contributed by atoms with Gasteiger partial charge in [0.2, 0.25) is 5.91 Å². The second-order valence-electron chi connectivity index (χ2n) is 3.29. The second kappa shape index (κ2) is 3.65. The highest BCUT2D eigenvalue weighted by molar-refractivity contribution is 9.09. The predicted molar refractivity (Wildman–Crippen MR) is 56.5 cm³/mol. The van der Waals surface area contributed by atoms with Gasteiger partial charge < -0.3 is 4.90 Å². The molecule has 0 aliphatic carbocycles. The molecule has 1 amide bonds. The summed E-state index contributed by atoms with van der Waals surface area (Å²) in [4.78, 5) is 21.6. The molecule has 1 saturated heterocycles. The summed E-state index contributed by atoms with van der Waals surface area (Å²) in [6.07, 6.45) is 3.92. The van der Waals surface area contributed by atoms with E-state index in [9.17, 15) is 4.79 Å². The summed E-state index contributed by atoms with van der Waals surface area (Å²) < 4.78 is 0. The first kappa shape index (κ1) is 9.58. The molecule has 1 aliphatic rings. The first-order valence-corrected chi connectivity index (χ1v) is 5.31. The van der Waals surface area contributed by atoms with E-state index in [4.69, 9.17) is 0 Å². The summed E-state index contributed by atoms with van der Waals surface area (Å²) in [5, 5.41) is 0. The average molecular weight is 256 g/mol. The van der Waals surface area contributed by atoms with E-state index in [-0.39, 0.29) is 10.7 Å². The number of amides is 1. The Morgan fingerprint density at radius 2 is 2.14 bits per heavy atom. The number of hydrogen-bond acceptors (Lipinski definition) is 3. The minimum Gasteiger partial charge on any atom is -0.308 e. The van der Waals surface area contributed by atoms with Crippen LogP contribution in [0.3, 0.4) is 0 Å². The van der Waals surface area contributed by atoms with Gasteiger partial charge in [0, 0.05) is 17.8 Å². The van der Waals surface area contributed by atoms with Crippen LogP contribution in [0, 0.1) is 6.92 Å². The Balaban J connectivity index is 2.23. The molecule has 1 aliphatic heterocycles. The van der Waals surface area contributed by atoms with Crippen LogP contribution >= 0.6 is 15.9 Å². The molecule has 1 unspecified atom stereocenters. The summed E-state index contributed by atoms with van der Waals surface area (Å²) in [6, 6.07) is 0. The monoisotopic (exact) mass is 255 g/mol. The van der Waals surface area contributed by atoms with Crippen molar-refractivity contribution in [2.45, 2.75) is 18.2 Å². The lowest BCUT2D eigenvalue weighted by atomic mass is 10.4. The second-order valence-corrected chi connectivity index (χ2v) is 4.59. The van der Waals surface area contributed by atoms with Crippen LogP contribution in [0.1, 0.15) is 12.2 Å². The zero-order valence-corrected chi connectivity index (χ0v) is 9.36. The Bertz CT molecular complexity index is 352. The summed E-state index contributed by atoms with van der Waals surface area (Å²) in [7, 11) is 0. The third-order valence-corrected chi connectivity index (χ3v) is 2.77. The minimum absolute atomic E-state index is 0.124. The van der Waals surface area contributed by atoms with Gasteiger partial charge in [-0.25, -0.2) is 9.97 Å². The van der Waals surface area contributed by atoms with E-state index >= 15 is 0 Å². The van der Waals surface area contributed by atoms with Crippen LogP contribution in [-0.2, 0) is 4.79 Å². The van der Waals surface area contributed by atoms with Gasteiger partial charge in [0.05, 0.1) is 18.1 Å². The van der Waals surface area contributed by atoms with Gasteiger partial charge in [-0.15, -0.1) is 0 Å². The van der Waals surface area contributed by atoms with Gasteiger partial charge in [0.25, 0.3) is 0 Å². The van der Waals surface area contributed by atoms with Crippen molar-refractivity contribution in [2.24, 2.45) is 0 Å². The maximum absolute atomic E-state index is 11.5. The zero-order chi connectivity index (χ0) is 10.1. The highest BCUT2D eigenvalue weighted by atomic mass is 79.9. The van der Waals surface area contributed by atoms with Crippen molar-refractivity contribution in [1.29, 1.82) is 0 Å². The fraction of sp³-hybridized carbons (Fsp3) is 0.444. The third kappa shape index (κ3) is 1.77. The van der Waals surface area contributed by atoms with Crippen LogP contribution in [-0.4, -0.2) is 27.2 Å². The zero-order valence-electron chi connectivity index (χ0n) is 7.77. The highest BCUT2D eigenvalue weighted by Gasteiger charge is 2.28. The normalized spacial score (nSPS) is 21.7. The highest BCUT2D eigenvalue weighted by Crippen LogP contribution is 2.23. The van der Waals surface area contributed by atoms with E-state index in [0.29, 0.717) is 13.0 Å². The molecule has 1 aromatic rings. The fourth-order valence-corrected chi connectivity index (χ4v) is 2.01. The van der Waals surface area contributed by atoms with Crippen molar-refractivity contribution in [3.63, 3.8) is 0 Å². The van der Waals surface area contributed by atoms with E-state index in [1.54, 1.807) is 17.3 Å². The Labute approximate surface area is 90.5 Å². The van der Waals surface area contributed by atoms with Crippen LogP contribution in [0.2, 0.25) is 0 Å². The molecule has 2 rings (SSSR count). The number of halogens is 1. The molecule has 1 fully saturated rings. The smallest absolute Gasteiger partial charge is 0.228 e. The molecule has 0 saturated carbocycles. The van der Waals surface area contributed by atoms with E-state index < -0.39 is 0 Å². The number of hydrogen-bond donors (Lipinski definition) is 0. The van der Waals surface area contributed by atoms with E-state index in [2.05, 4.69) is 25.9 Å². The van der Waals surface area contributed by atoms with E-state index in [0.717, 1.165) is 11.5 Å². The number of carbonyl (C=O) groups excluding carboxylic acids is 1. The largest absolute Gasteiger partial charge is 0.308 e. The van der Waals surface area contributed by atoms with Crippen LogP contribution in [0.5, 0.6) is 0 Å². The lowest BCUT2D eigenvalue weighted by Gasteiger charge is -2.14. The summed E-state index contributed by atoms with van der Waals surface area (Å²) in [6.45, 7) is 2.52. The number of nitrogens with zero attached hydrogens (tertiary/aromatic N) is 3. The molecule has 0 spiro atoms. The molecule has 0 radical (unpaired) electrons. The predicted octanol–water partition coefficient (Wildman–Crippen LogP) is 1.29. The number of carbonyl (C=O) groups is 1. The SMILES string of the molecule is Cc1ncc(N2CC(Br)CC2=O)cn1. The Morgan fingerprint density at radius 1 is 1.50 bits per heavy atom. The minimum atomic E-state index is 0.124. The maximum Gasteiger partial charge on any atom is 0.228 e. The number of anilines is 1. The number of aryl methyl sites for hydroxylation is 1. The molecule has 4 nitrogen and oxygen atoms in total. The van der Waals surface area contributed by atoms with Crippen molar-refractivity contribution in [1.82, 2.24) is 9.97 Å². The molecule has 1 atom stereocenters. The van der Waals surface area contributed by atoms with Gasteiger partial charge in [-0.1, -0.05) is 15.9 Å². The van der Waals surface area contributed by atoms with Crippen molar-refractivity contribution >= 4 is 27.5 Å². The lowest BCUT2D eigenvalue weighted by Crippen LogP contribution is -2.24. The summed E-state index contributed by atoms with van der Waals surface area (Å²) in [5.74, 6) is 0.843. The molecular weight excluding hydrogens is 246 g/mol. The Kier molecular flexibility index (Phi) is 2.50. The summed E-state index contributed by atoms with van der Waals surface area (Å²) in [5.41, 5.74) is 0.780. The molecule has 5 heteroatoms. The number of alkyl halides is 1. The van der Waals surface area contributed by atoms with E-state index in [1.165, 1.54) is 0 Å². The lowest BCUT2D eigenvalue weighted by molar-refractivity contribution is -0.117. The average Bonchev–Trinajstić information content (AvgIpc) is 2.47. The fourth-order valence-electron chi connectivity index (χ4n) is 1.44. The van der Waals surface area contributed by atoms with Crippen molar-refractivity contribution < 1.29 is 4.79 Å². The maximum atomic E-state index is 11.5. The van der Waals surface area contributed by atoms with Crippen molar-refractivity contribution in [3.8, 4) is 0 Å². The Hall–Kier alpha value is -0.970. The molecule has 1 aromatic heterocycles. The first-order chi connectivity index (χ1) is 6.66. The van der Waals surface area contributed by atoms with Gasteiger partial charge in [0.15, 0.2) is 0 Å². The molecule has 0 aromatic carbocycles. The van der Waals surface area contributed by atoms with Gasteiger partial charge in [-0.3, -0.25) is 4.79 Å². The number of rotatable bonds is 1. The topological polar surface area (TPSA) is 46.1 Å². The van der Waals surface area contributed by atoms with Gasteiger partial charge in [0.1, 0.15) is 5.82 Å². The molecule has 74 valence electrons. The molecular formula is C9H10BrN3O. The quantitative estimate of drug-likeness (QED) is 0.711. The number of aromatic nitrogens is 2. The summed E-state index contributed by atoms with van der Waals surface area (Å²) >= 11 is 3.43. The molecule has 0 N–H and O–H groups in total. The molecule has 14 heavy (non-hydrogen) atoms. The van der Waals surface area contributed by atoms with Crippen LogP contribution in [0.25, 0.3) is 0 Å². The van der Waals surface area contributed by atoms with Gasteiger partial charge in [-0.2, -0.15) is 0 Å². The first-order valence-electron chi connectivity index (χ1n) is 4.40. The standard InChI is InChI=1S/C9H10BrN3O/c1-6-11-3-8(4-12-6)13-5-7(10)2-9(13)14/h3-4,7H,2,5H2,1H3. The molecule has 2 heterocycles. The molecule has 0 bridgehead atoms. The van der Waals surface area contributed by atoms with Crippen LogP contribution in [0.15, 0.2) is 12.4 Å². The van der Waals surface area contributed by atoms with Crippen LogP contribution < -0.4 is 4.90 Å². The van der Waals surface area contributed by atoms with E-state index in [1.807, 2.05) is 6.92 Å². The van der Waals surface area contributed by atoms with Gasteiger partial charge >= 0.3 is 0 Å². The van der Waals surface area contributed by atoms with Gasteiger partial charge in [-0.05, 0) is 6.92 Å². The van der Waals surface area contributed by atoms with Crippen LogP contribution in [0.4, 0.5) is 5.69 Å².